The highest BCUT2D eigenvalue weighted by Crippen LogP contribution is 2.41. The van der Waals surface area contributed by atoms with Crippen molar-refractivity contribution in [1.82, 2.24) is 34.2 Å². The van der Waals surface area contributed by atoms with Crippen molar-refractivity contribution >= 4 is 39.8 Å². The number of carbonyl (C=O) groups is 1. The molecule has 0 saturated heterocycles. The van der Waals surface area contributed by atoms with Crippen molar-refractivity contribution < 1.29 is 9.53 Å². The van der Waals surface area contributed by atoms with E-state index in [4.69, 9.17) is 14.7 Å². The lowest BCUT2D eigenvalue weighted by atomic mass is 10.0. The maximum absolute atomic E-state index is 12.4. The second-order valence-corrected chi connectivity index (χ2v) is 11.4. The number of methoxy groups -OCH3 is 1. The lowest BCUT2D eigenvalue weighted by Crippen LogP contribution is -2.29. The minimum Gasteiger partial charge on any atom is -0.494 e. The number of hydrogen-bond donors (Lipinski definition) is 2. The number of para-hydroxylation sites is 1. The molecule has 0 fully saturated rings. The quantitative estimate of drug-likeness (QED) is 0.206. The number of amides is 1. The molecule has 0 bridgehead atoms. The van der Waals surface area contributed by atoms with Crippen LogP contribution in [-0.4, -0.2) is 81.4 Å². The fourth-order valence-corrected chi connectivity index (χ4v) is 5.82. The van der Waals surface area contributed by atoms with Crippen LogP contribution < -0.4 is 20.3 Å². The summed E-state index contributed by atoms with van der Waals surface area (Å²) in [7, 11) is 9.50. The van der Waals surface area contributed by atoms with Gasteiger partial charge in [0.05, 0.1) is 40.9 Å². The third-order valence-corrected chi connectivity index (χ3v) is 8.12. The molecule has 4 heterocycles. The SMILES string of the molecule is C=CC(=O)Nc1cc(Nc2ncc(-c3ncnn3C)c(-c3cn4c5c(cccc35)CCC4)n2)c(OC)cc1N(C)CCN(C)C. The molecule has 3 aromatic heterocycles. The van der Waals surface area contributed by atoms with Crippen LogP contribution in [0.25, 0.3) is 33.5 Å². The minimum absolute atomic E-state index is 0.312. The molecule has 1 aliphatic heterocycles. The van der Waals surface area contributed by atoms with Gasteiger partial charge in [0.1, 0.15) is 12.1 Å². The van der Waals surface area contributed by atoms with E-state index in [9.17, 15) is 4.79 Å². The first kappa shape index (κ1) is 29.8. The Bertz CT molecular complexity index is 1890. The fraction of sp³-hybridized carbons (Fsp3) is 0.303. The fourth-order valence-electron chi connectivity index (χ4n) is 5.82. The van der Waals surface area contributed by atoms with Gasteiger partial charge < -0.3 is 29.7 Å². The first-order chi connectivity index (χ1) is 21.8. The predicted octanol–water partition coefficient (Wildman–Crippen LogP) is 4.71. The highest BCUT2D eigenvalue weighted by molar-refractivity contribution is 6.02. The number of anilines is 4. The van der Waals surface area contributed by atoms with Crippen LogP contribution in [0.2, 0.25) is 0 Å². The molecule has 0 spiro atoms. The molecule has 0 aliphatic carbocycles. The molecule has 0 radical (unpaired) electrons. The number of nitrogens with zero attached hydrogens (tertiary/aromatic N) is 8. The monoisotopic (exact) mass is 606 g/mol. The predicted molar refractivity (Wildman–Crippen MR) is 178 cm³/mol. The van der Waals surface area contributed by atoms with Crippen molar-refractivity contribution in [3.8, 4) is 28.4 Å². The summed E-state index contributed by atoms with van der Waals surface area (Å²) in [6.07, 6.45) is 8.89. The van der Waals surface area contributed by atoms with Gasteiger partial charge in [-0.15, -0.1) is 0 Å². The number of likely N-dealkylation sites (N-methyl/N-ethyl adjacent to an activating group) is 2. The molecule has 2 N–H and O–H groups in total. The van der Waals surface area contributed by atoms with Crippen molar-refractivity contribution in [1.29, 1.82) is 0 Å². The van der Waals surface area contributed by atoms with E-state index in [2.05, 4.69) is 66.1 Å². The largest absolute Gasteiger partial charge is 0.494 e. The summed E-state index contributed by atoms with van der Waals surface area (Å²) < 4.78 is 9.86. The van der Waals surface area contributed by atoms with E-state index in [0.29, 0.717) is 28.9 Å². The molecule has 12 nitrogen and oxygen atoms in total. The van der Waals surface area contributed by atoms with E-state index in [1.54, 1.807) is 18.0 Å². The first-order valence-corrected chi connectivity index (χ1v) is 14.9. The Balaban J connectivity index is 1.46. The standard InChI is InChI=1S/C33H38N10O2/c1-7-29(44)37-25-16-26(28(45-6)17-27(25)41(4)15-14-40(2)3)38-33-34-18-23(32-35-20-36-42(32)5)30(39-33)24-19-43-13-9-11-21-10-8-12-22(24)31(21)43/h7-8,10,12,16-20H,1,9,11,13-15H2,2-6H3,(H,37,44)(H,34,38,39). The Labute approximate surface area is 262 Å². The average Bonchev–Trinajstić information content (AvgIpc) is 3.64. The molecule has 12 heteroatoms. The maximum Gasteiger partial charge on any atom is 0.247 e. The van der Waals surface area contributed by atoms with E-state index in [-0.39, 0.29) is 5.91 Å². The Hall–Kier alpha value is -5.23. The number of rotatable bonds is 11. The van der Waals surface area contributed by atoms with E-state index in [1.807, 2.05) is 40.3 Å². The Morgan fingerprint density at radius 2 is 1.98 bits per heavy atom. The van der Waals surface area contributed by atoms with Crippen molar-refractivity contribution in [3.63, 3.8) is 0 Å². The van der Waals surface area contributed by atoms with Crippen LogP contribution in [0.5, 0.6) is 5.75 Å². The lowest BCUT2D eigenvalue weighted by Gasteiger charge is -2.26. The van der Waals surface area contributed by atoms with Crippen molar-refractivity contribution in [3.05, 3.63) is 67.3 Å². The molecule has 0 unspecified atom stereocenters. The topological polar surface area (TPSA) is 118 Å². The van der Waals surface area contributed by atoms with Crippen LogP contribution in [-0.2, 0) is 24.8 Å². The van der Waals surface area contributed by atoms with E-state index < -0.39 is 0 Å². The van der Waals surface area contributed by atoms with Crippen LogP contribution in [0, 0.1) is 0 Å². The second kappa shape index (κ2) is 12.4. The minimum atomic E-state index is -0.312. The summed E-state index contributed by atoms with van der Waals surface area (Å²) in [4.78, 5) is 30.9. The number of aryl methyl sites for hydroxylation is 3. The van der Waals surface area contributed by atoms with E-state index in [1.165, 1.54) is 23.5 Å². The third kappa shape index (κ3) is 5.84. The van der Waals surface area contributed by atoms with Crippen LogP contribution in [0.4, 0.5) is 23.0 Å². The molecule has 2 aromatic carbocycles. The molecule has 0 atom stereocenters. The normalized spacial score (nSPS) is 12.4. The summed E-state index contributed by atoms with van der Waals surface area (Å²) >= 11 is 0. The number of hydrogen-bond acceptors (Lipinski definition) is 9. The summed E-state index contributed by atoms with van der Waals surface area (Å²) in [6, 6.07) is 10.2. The zero-order chi connectivity index (χ0) is 31.7. The molecule has 6 rings (SSSR count). The van der Waals surface area contributed by atoms with Crippen LogP contribution in [0.15, 0.2) is 61.7 Å². The molecule has 1 aliphatic rings. The summed E-state index contributed by atoms with van der Waals surface area (Å²) in [5, 5.41) is 11.7. The molecule has 1 amide bonds. The van der Waals surface area contributed by atoms with Gasteiger partial charge in [-0.2, -0.15) is 5.10 Å². The number of benzene rings is 2. The highest BCUT2D eigenvalue weighted by Gasteiger charge is 2.23. The van der Waals surface area contributed by atoms with Crippen LogP contribution in [0.3, 0.4) is 0 Å². The van der Waals surface area contributed by atoms with Gasteiger partial charge in [0.25, 0.3) is 0 Å². The van der Waals surface area contributed by atoms with Gasteiger partial charge in [0, 0.05) is 63.1 Å². The Morgan fingerprint density at radius 3 is 2.71 bits per heavy atom. The smallest absolute Gasteiger partial charge is 0.247 e. The third-order valence-electron chi connectivity index (χ3n) is 8.12. The summed E-state index contributed by atoms with van der Waals surface area (Å²) in [5.41, 5.74) is 7.11. The summed E-state index contributed by atoms with van der Waals surface area (Å²) in [6.45, 7) is 6.15. The van der Waals surface area contributed by atoms with Gasteiger partial charge in [-0.1, -0.05) is 24.8 Å². The van der Waals surface area contributed by atoms with E-state index in [0.717, 1.165) is 60.4 Å². The van der Waals surface area contributed by atoms with Crippen molar-refractivity contribution in [2.45, 2.75) is 19.4 Å². The average molecular weight is 607 g/mol. The molecular weight excluding hydrogens is 568 g/mol. The van der Waals surface area contributed by atoms with Crippen molar-refractivity contribution in [2.24, 2.45) is 7.05 Å². The highest BCUT2D eigenvalue weighted by atomic mass is 16.5. The lowest BCUT2D eigenvalue weighted by molar-refractivity contribution is -0.111. The van der Waals surface area contributed by atoms with Crippen LogP contribution in [0.1, 0.15) is 12.0 Å². The Morgan fingerprint density at radius 1 is 1.13 bits per heavy atom. The number of aromatic nitrogens is 6. The van der Waals surface area contributed by atoms with Crippen LogP contribution >= 0.6 is 0 Å². The maximum atomic E-state index is 12.4. The first-order valence-electron chi connectivity index (χ1n) is 14.9. The number of ether oxygens (including phenoxy) is 1. The molecule has 232 valence electrons. The van der Waals surface area contributed by atoms with E-state index >= 15 is 0 Å². The molecule has 0 saturated carbocycles. The second-order valence-electron chi connectivity index (χ2n) is 11.4. The zero-order valence-corrected chi connectivity index (χ0v) is 26.3. The molecular formula is C33H38N10O2. The van der Waals surface area contributed by atoms with Gasteiger partial charge in [0.2, 0.25) is 11.9 Å². The van der Waals surface area contributed by atoms with Gasteiger partial charge in [0.15, 0.2) is 5.82 Å². The van der Waals surface area contributed by atoms with Gasteiger partial charge in [-0.05, 0) is 44.6 Å². The number of carbonyl (C=O) groups excluding carboxylic acids is 1. The molecule has 5 aromatic rings. The van der Waals surface area contributed by atoms with Gasteiger partial charge in [-0.3, -0.25) is 4.79 Å². The molecule has 45 heavy (non-hydrogen) atoms. The van der Waals surface area contributed by atoms with Gasteiger partial charge in [-0.25, -0.2) is 19.6 Å². The van der Waals surface area contributed by atoms with Crippen molar-refractivity contribution in [2.75, 3.05) is 56.9 Å². The Kier molecular flexibility index (Phi) is 8.22. The number of nitrogens with one attached hydrogen (secondary N) is 2. The zero-order valence-electron chi connectivity index (χ0n) is 26.3. The van der Waals surface area contributed by atoms with Gasteiger partial charge >= 0.3 is 0 Å². The summed E-state index contributed by atoms with van der Waals surface area (Å²) in [5.74, 6) is 1.30.